The van der Waals surface area contributed by atoms with E-state index in [0.29, 0.717) is 77.9 Å². The first-order chi connectivity index (χ1) is 53.3. The van der Waals surface area contributed by atoms with Crippen LogP contribution >= 0.6 is 0 Å². The smallest absolute Gasteiger partial charge is 0.222 e. The van der Waals surface area contributed by atoms with Gasteiger partial charge in [-0.1, -0.05) is 60.2 Å². The topological polar surface area (TPSA) is 454 Å². The molecule has 0 atom stereocenters. The molecule has 0 bridgehead atoms. The van der Waals surface area contributed by atoms with Gasteiger partial charge in [0.1, 0.15) is 58.7 Å². The van der Waals surface area contributed by atoms with Gasteiger partial charge in [0, 0.05) is 67.3 Å². The molecule has 550 valence electrons. The van der Waals surface area contributed by atoms with E-state index in [1.54, 1.807) is 77.7 Å². The molecule has 0 saturated carbocycles. The highest BCUT2D eigenvalue weighted by Crippen LogP contribution is 2.35. The van der Waals surface area contributed by atoms with Crippen molar-refractivity contribution < 1.29 is 35.1 Å². The number of aromatic nitrogens is 16. The fourth-order valence-electron chi connectivity index (χ4n) is 11.9. The normalized spacial score (nSPS) is 11.0. The Balaban J connectivity index is 0.000000130. The summed E-state index contributed by atoms with van der Waals surface area (Å²) in [4.78, 5) is 33.6. The zero-order valence-electron chi connectivity index (χ0n) is 57.6. The summed E-state index contributed by atoms with van der Waals surface area (Å²) >= 11 is 0. The lowest BCUT2D eigenvalue weighted by Crippen LogP contribution is -2.09. The molecule has 0 amide bonds. The minimum absolute atomic E-state index is 0.0207. The predicted molar refractivity (Wildman–Crippen MR) is 399 cm³/mol. The van der Waals surface area contributed by atoms with Crippen molar-refractivity contribution in [2.45, 2.75) is 33.1 Å². The summed E-state index contributed by atoms with van der Waals surface area (Å²) in [6.07, 6.45) is 5.98. The number of fused-ring (bicyclic) bond motifs is 4. The summed E-state index contributed by atoms with van der Waals surface area (Å²) < 4.78 is 120. The van der Waals surface area contributed by atoms with Gasteiger partial charge in [0.15, 0.2) is 22.6 Å². The molecule has 8 heterocycles. The molecular weight excluding hydrogens is 1440 g/mol. The maximum absolute atomic E-state index is 14.7. The third kappa shape index (κ3) is 15.4. The van der Waals surface area contributed by atoms with Crippen molar-refractivity contribution in [1.29, 1.82) is 15.8 Å². The molecule has 0 aliphatic carbocycles. The van der Waals surface area contributed by atoms with E-state index < -0.39 is 46.5 Å². The number of anilines is 8. The van der Waals surface area contributed by atoms with Gasteiger partial charge >= 0.3 is 0 Å². The van der Waals surface area contributed by atoms with Crippen LogP contribution in [0, 0.1) is 87.5 Å². The fraction of sp³-hybridized carbons (Fsp3) is 0.0658. The van der Waals surface area contributed by atoms with Gasteiger partial charge in [-0.15, -0.1) is 0 Å². The van der Waals surface area contributed by atoms with Gasteiger partial charge in [-0.3, -0.25) is 0 Å². The molecule has 111 heavy (non-hydrogen) atoms. The van der Waals surface area contributed by atoms with Crippen LogP contribution in [0.5, 0.6) is 0 Å². The molecule has 16 rings (SSSR count). The number of hydrogen-bond acceptors (Lipinski definition) is 23. The monoisotopic (exact) mass is 1500 g/mol. The third-order valence-electron chi connectivity index (χ3n) is 17.1. The Kier molecular flexibility index (Phi) is 20.4. The van der Waals surface area contributed by atoms with Crippen molar-refractivity contribution >= 4 is 90.7 Å². The Labute approximate surface area is 621 Å². The molecule has 16 aromatic rings. The highest BCUT2D eigenvalue weighted by atomic mass is 19.2. The molecule has 0 aliphatic heterocycles. The van der Waals surface area contributed by atoms with Gasteiger partial charge in [-0.05, 0) is 97.9 Å². The maximum atomic E-state index is 14.7. The van der Waals surface area contributed by atoms with Crippen molar-refractivity contribution in [3.8, 4) is 63.2 Å². The van der Waals surface area contributed by atoms with Gasteiger partial charge in [-0.2, -0.15) is 56.1 Å². The lowest BCUT2D eigenvalue weighted by Gasteiger charge is -2.09. The van der Waals surface area contributed by atoms with Crippen molar-refractivity contribution in [3.05, 3.63) is 261 Å². The largest absolute Gasteiger partial charge is 0.399 e. The second kappa shape index (κ2) is 30.8. The van der Waals surface area contributed by atoms with Gasteiger partial charge < -0.3 is 45.9 Å². The maximum Gasteiger partial charge on any atom is 0.222 e. The van der Waals surface area contributed by atoms with Gasteiger partial charge in [-0.25, -0.2) is 73.8 Å². The minimum Gasteiger partial charge on any atom is -0.399 e. The number of halogens is 8. The Morgan fingerprint density at radius 1 is 0.333 bits per heavy atom. The van der Waals surface area contributed by atoms with Crippen LogP contribution in [-0.2, 0) is 26.2 Å². The van der Waals surface area contributed by atoms with Gasteiger partial charge in [0.25, 0.3) is 0 Å². The highest BCUT2D eigenvalue weighted by Gasteiger charge is 2.24. The van der Waals surface area contributed by atoms with E-state index in [2.05, 4.69) is 66.3 Å². The first-order valence-electron chi connectivity index (χ1n) is 32.8. The Hall–Kier alpha value is -15.7. The number of nitrogen functional groups attached to an aromatic ring is 8. The lowest BCUT2D eigenvalue weighted by molar-refractivity contribution is 0.536. The minimum atomic E-state index is -0.832. The van der Waals surface area contributed by atoms with E-state index in [0.717, 1.165) is 41.0 Å². The number of nitrogens with zero attached hydrogens (tertiary/aromatic N) is 19. The van der Waals surface area contributed by atoms with Crippen LogP contribution in [0.2, 0.25) is 0 Å². The summed E-state index contributed by atoms with van der Waals surface area (Å²) in [5, 5.41) is 46.2. The molecule has 0 radical (unpaired) electrons. The fourth-order valence-corrected chi connectivity index (χ4v) is 11.9. The van der Waals surface area contributed by atoms with Gasteiger partial charge in [0.2, 0.25) is 23.8 Å². The number of hydrogen-bond donors (Lipinski definition) is 8. The summed E-state index contributed by atoms with van der Waals surface area (Å²) in [5.74, 6) is -5.66. The second-order valence-electron chi connectivity index (χ2n) is 24.6. The molecule has 8 aromatic heterocycles. The molecule has 8 aromatic carbocycles. The summed E-state index contributed by atoms with van der Waals surface area (Å²) in [6, 6.07) is 42.2. The molecule has 0 spiro atoms. The predicted octanol–water partition coefficient (Wildman–Crippen LogP) is 11.9. The molecule has 0 saturated heterocycles. The highest BCUT2D eigenvalue weighted by molar-refractivity contribution is 5.94. The van der Waals surface area contributed by atoms with Crippen molar-refractivity contribution in [1.82, 2.24) is 79.0 Å². The zero-order valence-corrected chi connectivity index (χ0v) is 57.6. The van der Waals surface area contributed by atoms with Gasteiger partial charge in [0.05, 0.1) is 118 Å². The molecule has 27 nitrogen and oxygen atoms in total. The van der Waals surface area contributed by atoms with Crippen LogP contribution in [0.1, 0.15) is 44.5 Å². The number of benzene rings is 8. The second-order valence-corrected chi connectivity index (χ2v) is 24.6. The first-order valence-corrected chi connectivity index (χ1v) is 32.8. The quantitative estimate of drug-likeness (QED) is 0.0416. The molecule has 0 unspecified atom stereocenters. The van der Waals surface area contributed by atoms with Crippen LogP contribution in [0.4, 0.5) is 81.7 Å². The molecular formula is C76H55F8N27. The van der Waals surface area contributed by atoms with Crippen LogP contribution in [-0.4, -0.2) is 79.0 Å². The van der Waals surface area contributed by atoms with Crippen LogP contribution in [0.25, 0.3) is 89.2 Å². The Bertz CT molecular complexity index is 6450. The van der Waals surface area contributed by atoms with Crippen LogP contribution in [0.3, 0.4) is 0 Å². The number of aryl methyl sites for hydroxylation is 1. The summed E-state index contributed by atoms with van der Waals surface area (Å²) in [6.45, 7) is 1.78. The third-order valence-corrected chi connectivity index (χ3v) is 17.1. The van der Waals surface area contributed by atoms with E-state index in [1.165, 1.54) is 68.9 Å². The molecule has 16 N–H and O–H groups in total. The standard InChI is InChI=1S/C19H12F3N7.C19H13F2N7.C19H16F2N6.C19H14FN7/c20-14-4-10(24)5-15(21)13(14)8-29-18-12(7-26-29)17(27-19(25)28-18)11-3-1-2-9(6-23)16(11)22;20-15-6-12(23)5-4-11(15)9-28-18-14(8-25-28)17(26-19(24)27-18)13-3-1-2-10(7-22)16(13)21;1-10-3-2-4-11(5-10)17-13-8-24-27(18(13)26-19(23)25-17)9-14-15(20)6-12(22)7-16(14)21;20-16-7-14(22)5-4-13(16)10-27-18-15(9-24-27)17(25-19(23)26-18)12-3-1-2-11(6-12)8-21/h1-5,7H,8,24H2,(H2,25,27,28);1-6,8H,9,23H2,(H2,24,26,27);2-8H,9,22H2,1H3,(H2,23,25,26);1-7,9H,10,22H2,(H2,23,25,26). The zero-order chi connectivity index (χ0) is 78.6. The average molecular weight is 1500 g/mol. The molecule has 0 aliphatic rings. The van der Waals surface area contributed by atoms with Crippen LogP contribution in [0.15, 0.2) is 170 Å². The van der Waals surface area contributed by atoms with E-state index in [9.17, 15) is 35.1 Å². The van der Waals surface area contributed by atoms with E-state index in [4.69, 9.17) is 61.7 Å². The van der Waals surface area contributed by atoms with Crippen molar-refractivity contribution in [2.75, 3.05) is 45.9 Å². The van der Waals surface area contributed by atoms with E-state index in [-0.39, 0.29) is 112 Å². The Morgan fingerprint density at radius 3 is 1.03 bits per heavy atom. The molecule has 35 heteroatoms. The number of nitriles is 3. The van der Waals surface area contributed by atoms with E-state index >= 15 is 0 Å². The molecule has 0 fully saturated rings. The van der Waals surface area contributed by atoms with Crippen molar-refractivity contribution in [2.24, 2.45) is 0 Å². The van der Waals surface area contributed by atoms with Crippen LogP contribution < -0.4 is 45.9 Å². The average Bonchev–Trinajstić information content (AvgIpc) is 1.69. The summed E-state index contributed by atoms with van der Waals surface area (Å²) in [7, 11) is 0. The number of rotatable bonds is 12. The Morgan fingerprint density at radius 2 is 0.667 bits per heavy atom. The SMILES string of the molecule is Cc1cccc(-c2nc(N)nc3c2cnn3Cc2c(F)cc(N)cc2F)c1.N#Cc1cccc(-c2nc(N)nc3c2cnn3Cc2c(F)cc(N)cc2F)c1F.N#Cc1cccc(-c2nc(N)nc3c2cnn3Cc2ccc(N)cc2F)c1.N#Cc1cccc(-c2nc(N)nc3c2cnn3Cc2ccc(N)cc2F)c1F. The number of nitrogens with two attached hydrogens (primary N) is 8. The summed E-state index contributed by atoms with van der Waals surface area (Å²) in [5.41, 5.74) is 52.3. The first kappa shape index (κ1) is 73.6. The van der Waals surface area contributed by atoms with Crippen molar-refractivity contribution in [3.63, 3.8) is 0 Å². The van der Waals surface area contributed by atoms with E-state index in [1.807, 2.05) is 37.3 Å². The lowest BCUT2D eigenvalue weighted by atomic mass is 10.1.